The molecule has 0 aromatic carbocycles. The molecule has 1 aromatic rings. The minimum Gasteiger partial charge on any atom is -0.396 e. The van der Waals surface area contributed by atoms with E-state index in [0.717, 1.165) is 10.9 Å². The van der Waals surface area contributed by atoms with Gasteiger partial charge in [0, 0.05) is 28.3 Å². The number of aliphatic hydroxyl groups excluding tert-OH is 1. The van der Waals surface area contributed by atoms with Crippen LogP contribution in [0.5, 0.6) is 0 Å². The lowest BCUT2D eigenvalue weighted by Crippen LogP contribution is -2.35. The zero-order valence-electron chi connectivity index (χ0n) is 10.1. The lowest BCUT2D eigenvalue weighted by molar-refractivity contribution is -0.135. The van der Waals surface area contributed by atoms with Crippen LogP contribution < -0.4 is 0 Å². The summed E-state index contributed by atoms with van der Waals surface area (Å²) in [6.45, 7) is 2.55. The second-order valence-electron chi connectivity index (χ2n) is 4.03. The molecule has 1 atom stereocenters. The average Bonchev–Trinajstić information content (AvgIpc) is 2.73. The monoisotopic (exact) mass is 319 g/mol. The van der Waals surface area contributed by atoms with Crippen LogP contribution in [-0.4, -0.2) is 36.1 Å². The van der Waals surface area contributed by atoms with E-state index in [9.17, 15) is 4.79 Å². The van der Waals surface area contributed by atoms with Gasteiger partial charge in [-0.05, 0) is 34.8 Å². The van der Waals surface area contributed by atoms with Crippen LogP contribution in [0, 0.1) is 5.92 Å². The molecule has 1 amide bonds. The molecule has 0 aliphatic rings. The SMILES string of the molecule is CCC(CO)C(=O)N(C)CCc1cc(Br)cs1. The first kappa shape index (κ1) is 14.7. The Balaban J connectivity index is 2.43. The van der Waals surface area contributed by atoms with Crippen LogP contribution in [0.3, 0.4) is 0 Å². The summed E-state index contributed by atoms with van der Waals surface area (Å²) in [5.74, 6) is -0.222. The van der Waals surface area contributed by atoms with Gasteiger partial charge >= 0.3 is 0 Å². The minimum absolute atomic E-state index is 0.0330. The van der Waals surface area contributed by atoms with Crippen LogP contribution in [-0.2, 0) is 11.2 Å². The van der Waals surface area contributed by atoms with Gasteiger partial charge in [-0.2, -0.15) is 0 Å². The fourth-order valence-electron chi connectivity index (χ4n) is 1.57. The van der Waals surface area contributed by atoms with Crippen molar-refractivity contribution in [2.75, 3.05) is 20.2 Å². The zero-order chi connectivity index (χ0) is 12.8. The second kappa shape index (κ2) is 7.13. The quantitative estimate of drug-likeness (QED) is 0.875. The molecule has 0 spiro atoms. The Morgan fingerprint density at radius 2 is 2.35 bits per heavy atom. The Morgan fingerprint density at radius 3 is 2.82 bits per heavy atom. The molecular formula is C12H18BrNO2S. The number of likely N-dealkylation sites (N-methyl/N-ethyl adjacent to an activating group) is 1. The molecule has 5 heteroatoms. The third-order valence-corrected chi connectivity index (χ3v) is 4.51. The van der Waals surface area contributed by atoms with E-state index in [-0.39, 0.29) is 18.4 Å². The van der Waals surface area contributed by atoms with Gasteiger partial charge in [0.25, 0.3) is 0 Å². The summed E-state index contributed by atoms with van der Waals surface area (Å²) >= 11 is 5.10. The molecule has 0 saturated heterocycles. The molecule has 17 heavy (non-hydrogen) atoms. The first-order valence-electron chi connectivity index (χ1n) is 5.67. The lowest BCUT2D eigenvalue weighted by Gasteiger charge is -2.21. The highest BCUT2D eigenvalue weighted by molar-refractivity contribution is 9.10. The Hall–Kier alpha value is -0.390. The predicted molar refractivity (Wildman–Crippen MR) is 74.2 cm³/mol. The first-order chi connectivity index (χ1) is 8.08. The summed E-state index contributed by atoms with van der Waals surface area (Å²) in [5, 5.41) is 11.1. The van der Waals surface area contributed by atoms with Crippen LogP contribution in [0.2, 0.25) is 0 Å². The van der Waals surface area contributed by atoms with E-state index in [2.05, 4.69) is 22.0 Å². The maximum absolute atomic E-state index is 11.9. The number of thiophene rings is 1. The third-order valence-electron chi connectivity index (χ3n) is 2.75. The van der Waals surface area contributed by atoms with Crippen molar-refractivity contribution in [1.29, 1.82) is 0 Å². The lowest BCUT2D eigenvalue weighted by atomic mass is 10.1. The number of halogens is 1. The van der Waals surface area contributed by atoms with Crippen LogP contribution in [0.4, 0.5) is 0 Å². The van der Waals surface area contributed by atoms with Crippen LogP contribution in [0.15, 0.2) is 15.9 Å². The zero-order valence-corrected chi connectivity index (χ0v) is 12.6. The molecule has 0 bridgehead atoms. The molecule has 0 aliphatic heterocycles. The van der Waals surface area contributed by atoms with E-state index in [4.69, 9.17) is 5.11 Å². The Morgan fingerprint density at radius 1 is 1.65 bits per heavy atom. The fourth-order valence-corrected chi connectivity index (χ4v) is 3.01. The van der Waals surface area contributed by atoms with E-state index >= 15 is 0 Å². The number of rotatable bonds is 6. The van der Waals surface area contributed by atoms with E-state index in [1.165, 1.54) is 4.88 Å². The van der Waals surface area contributed by atoms with E-state index in [0.29, 0.717) is 13.0 Å². The molecule has 0 fully saturated rings. The molecule has 1 heterocycles. The highest BCUT2D eigenvalue weighted by atomic mass is 79.9. The Labute approximate surface area is 115 Å². The van der Waals surface area contributed by atoms with Gasteiger partial charge < -0.3 is 10.0 Å². The van der Waals surface area contributed by atoms with Crippen molar-refractivity contribution < 1.29 is 9.90 Å². The number of nitrogens with zero attached hydrogens (tertiary/aromatic N) is 1. The van der Waals surface area contributed by atoms with E-state index in [1.54, 1.807) is 23.3 Å². The summed E-state index contributed by atoms with van der Waals surface area (Å²) in [5.41, 5.74) is 0. The molecule has 1 rings (SSSR count). The Kier molecular flexibility index (Phi) is 6.16. The van der Waals surface area contributed by atoms with E-state index < -0.39 is 0 Å². The fraction of sp³-hybridized carbons (Fsp3) is 0.583. The highest BCUT2D eigenvalue weighted by Crippen LogP contribution is 2.20. The largest absolute Gasteiger partial charge is 0.396 e. The average molecular weight is 320 g/mol. The van der Waals surface area contributed by atoms with Gasteiger partial charge in [0.1, 0.15) is 0 Å². The number of hydrogen-bond donors (Lipinski definition) is 1. The molecule has 1 unspecified atom stereocenters. The maximum Gasteiger partial charge on any atom is 0.227 e. The third kappa shape index (κ3) is 4.41. The van der Waals surface area contributed by atoms with Crippen LogP contribution in [0.25, 0.3) is 0 Å². The molecule has 3 nitrogen and oxygen atoms in total. The van der Waals surface area contributed by atoms with Crippen molar-refractivity contribution in [3.8, 4) is 0 Å². The van der Waals surface area contributed by atoms with Gasteiger partial charge in [-0.25, -0.2) is 0 Å². The summed E-state index contributed by atoms with van der Waals surface area (Å²) in [7, 11) is 1.79. The second-order valence-corrected chi connectivity index (χ2v) is 5.94. The number of aliphatic hydroxyl groups is 1. The molecule has 0 saturated carbocycles. The number of carbonyl (C=O) groups excluding carboxylic acids is 1. The van der Waals surface area contributed by atoms with Crippen molar-refractivity contribution in [2.45, 2.75) is 19.8 Å². The molecule has 1 aromatic heterocycles. The van der Waals surface area contributed by atoms with Gasteiger partial charge in [-0.1, -0.05) is 6.92 Å². The Bertz CT molecular complexity index is 363. The van der Waals surface area contributed by atoms with Crippen molar-refractivity contribution in [3.05, 3.63) is 20.8 Å². The van der Waals surface area contributed by atoms with Crippen LogP contribution >= 0.6 is 27.3 Å². The summed E-state index contributed by atoms with van der Waals surface area (Å²) in [4.78, 5) is 14.9. The normalized spacial score (nSPS) is 12.5. The van der Waals surface area contributed by atoms with Gasteiger partial charge in [0.15, 0.2) is 0 Å². The van der Waals surface area contributed by atoms with Gasteiger partial charge in [0.2, 0.25) is 5.91 Å². The summed E-state index contributed by atoms with van der Waals surface area (Å²) in [6.07, 6.45) is 1.55. The van der Waals surface area contributed by atoms with Gasteiger partial charge in [-0.15, -0.1) is 11.3 Å². The maximum atomic E-state index is 11.9. The van der Waals surface area contributed by atoms with E-state index in [1.807, 2.05) is 12.3 Å². The van der Waals surface area contributed by atoms with Gasteiger partial charge in [0.05, 0.1) is 12.5 Å². The minimum atomic E-state index is -0.255. The molecule has 0 radical (unpaired) electrons. The topological polar surface area (TPSA) is 40.5 Å². The van der Waals surface area contributed by atoms with Crippen LogP contribution in [0.1, 0.15) is 18.2 Å². The summed E-state index contributed by atoms with van der Waals surface area (Å²) in [6, 6.07) is 2.08. The molecule has 1 N–H and O–H groups in total. The van der Waals surface area contributed by atoms with Crippen molar-refractivity contribution in [2.24, 2.45) is 5.92 Å². The molecule has 0 aliphatic carbocycles. The summed E-state index contributed by atoms with van der Waals surface area (Å²) < 4.78 is 1.09. The first-order valence-corrected chi connectivity index (χ1v) is 7.34. The standard InChI is InChI=1S/C12H18BrNO2S/c1-3-9(7-15)12(16)14(2)5-4-11-6-10(13)8-17-11/h6,8-9,15H,3-5,7H2,1-2H3. The number of hydrogen-bond acceptors (Lipinski definition) is 3. The number of amides is 1. The molecule has 96 valence electrons. The van der Waals surface area contributed by atoms with Crippen molar-refractivity contribution >= 4 is 33.2 Å². The smallest absolute Gasteiger partial charge is 0.227 e. The highest BCUT2D eigenvalue weighted by Gasteiger charge is 2.19. The number of carbonyl (C=O) groups is 1. The predicted octanol–water partition coefficient (Wildman–Crippen LogP) is 2.53. The van der Waals surface area contributed by atoms with Gasteiger partial charge in [-0.3, -0.25) is 4.79 Å². The van der Waals surface area contributed by atoms with Crippen molar-refractivity contribution in [3.63, 3.8) is 0 Å². The van der Waals surface area contributed by atoms with Crippen molar-refractivity contribution in [1.82, 2.24) is 4.90 Å². The molecular weight excluding hydrogens is 302 g/mol.